The van der Waals surface area contributed by atoms with E-state index >= 15 is 0 Å². The number of rotatable bonds is 1. The summed E-state index contributed by atoms with van der Waals surface area (Å²) in [7, 11) is 0. The summed E-state index contributed by atoms with van der Waals surface area (Å²) >= 11 is 0. The first-order valence-corrected chi connectivity index (χ1v) is 6.97. The van der Waals surface area contributed by atoms with Gasteiger partial charge >= 0.3 is 0 Å². The van der Waals surface area contributed by atoms with Crippen LogP contribution in [0, 0.1) is 12.7 Å². The van der Waals surface area contributed by atoms with Crippen molar-refractivity contribution >= 4 is 11.6 Å². The van der Waals surface area contributed by atoms with E-state index in [0.717, 1.165) is 12.0 Å². The molecule has 108 valence electrons. The molecule has 0 saturated heterocycles. The van der Waals surface area contributed by atoms with Crippen LogP contribution in [0.3, 0.4) is 0 Å². The summed E-state index contributed by atoms with van der Waals surface area (Å²) in [5.74, 6) is -0.374. The van der Waals surface area contributed by atoms with Gasteiger partial charge in [-0.2, -0.15) is 0 Å². The summed E-state index contributed by atoms with van der Waals surface area (Å²) in [6.07, 6.45) is 0.821. The summed E-state index contributed by atoms with van der Waals surface area (Å²) in [4.78, 5) is 14.4. The minimum Gasteiger partial charge on any atom is -0.399 e. The van der Waals surface area contributed by atoms with Gasteiger partial charge in [0, 0.05) is 24.3 Å². The Balaban J connectivity index is 1.87. The van der Waals surface area contributed by atoms with Crippen LogP contribution in [-0.4, -0.2) is 17.4 Å². The van der Waals surface area contributed by atoms with E-state index in [-0.39, 0.29) is 11.7 Å². The number of hydrogen-bond acceptors (Lipinski definition) is 2. The summed E-state index contributed by atoms with van der Waals surface area (Å²) < 4.78 is 13.2. The molecular weight excluding hydrogens is 267 g/mol. The average molecular weight is 284 g/mol. The van der Waals surface area contributed by atoms with Crippen LogP contribution in [0.15, 0.2) is 36.4 Å². The van der Waals surface area contributed by atoms with Gasteiger partial charge in [0.25, 0.3) is 5.91 Å². The monoisotopic (exact) mass is 284 g/mol. The van der Waals surface area contributed by atoms with Gasteiger partial charge in [0.2, 0.25) is 0 Å². The quantitative estimate of drug-likeness (QED) is 0.818. The van der Waals surface area contributed by atoms with Crippen molar-refractivity contribution in [3.05, 3.63) is 64.5 Å². The second-order valence-corrected chi connectivity index (χ2v) is 5.46. The molecule has 0 bridgehead atoms. The molecule has 2 aromatic rings. The average Bonchev–Trinajstić information content (AvgIpc) is 2.46. The lowest BCUT2D eigenvalue weighted by molar-refractivity contribution is 0.0734. The minimum absolute atomic E-state index is 0.0550. The molecule has 0 radical (unpaired) electrons. The van der Waals surface area contributed by atoms with Gasteiger partial charge in [0.1, 0.15) is 5.82 Å². The Morgan fingerprint density at radius 3 is 2.76 bits per heavy atom. The number of anilines is 1. The fraction of sp³-hybridized carbons (Fsp3) is 0.235. The Kier molecular flexibility index (Phi) is 3.37. The highest BCUT2D eigenvalue weighted by Crippen LogP contribution is 2.23. The first-order chi connectivity index (χ1) is 10.0. The molecule has 0 spiro atoms. The molecule has 21 heavy (non-hydrogen) atoms. The molecule has 0 atom stereocenters. The SMILES string of the molecule is Cc1cc(F)ccc1C(=O)N1CCc2ccc(N)cc2C1. The second-order valence-electron chi connectivity index (χ2n) is 5.46. The highest BCUT2D eigenvalue weighted by atomic mass is 19.1. The molecule has 1 heterocycles. The molecule has 0 saturated carbocycles. The number of benzene rings is 2. The summed E-state index contributed by atoms with van der Waals surface area (Å²) in [5, 5.41) is 0. The van der Waals surface area contributed by atoms with Gasteiger partial charge in [-0.3, -0.25) is 4.79 Å². The molecule has 0 fully saturated rings. The fourth-order valence-electron chi connectivity index (χ4n) is 2.79. The molecule has 2 aromatic carbocycles. The molecule has 1 aliphatic heterocycles. The first-order valence-electron chi connectivity index (χ1n) is 6.97. The lowest BCUT2D eigenvalue weighted by atomic mass is 9.98. The largest absolute Gasteiger partial charge is 0.399 e. The Hall–Kier alpha value is -2.36. The van der Waals surface area contributed by atoms with Crippen LogP contribution in [0.2, 0.25) is 0 Å². The second kappa shape index (κ2) is 5.20. The van der Waals surface area contributed by atoms with Crippen LogP contribution in [0.25, 0.3) is 0 Å². The van der Waals surface area contributed by atoms with Crippen LogP contribution < -0.4 is 5.73 Å². The van der Waals surface area contributed by atoms with Crippen molar-refractivity contribution in [3.8, 4) is 0 Å². The maximum absolute atomic E-state index is 13.2. The van der Waals surface area contributed by atoms with E-state index in [9.17, 15) is 9.18 Å². The van der Waals surface area contributed by atoms with Crippen molar-refractivity contribution in [2.24, 2.45) is 0 Å². The Morgan fingerprint density at radius 2 is 2.00 bits per heavy atom. The van der Waals surface area contributed by atoms with Crippen molar-refractivity contribution in [1.82, 2.24) is 4.90 Å². The number of carbonyl (C=O) groups excluding carboxylic acids is 1. The van der Waals surface area contributed by atoms with E-state index in [4.69, 9.17) is 5.73 Å². The van der Waals surface area contributed by atoms with Crippen LogP contribution >= 0.6 is 0 Å². The summed E-state index contributed by atoms with van der Waals surface area (Å²) in [5.41, 5.74) is 10.1. The normalized spacial score (nSPS) is 13.9. The fourth-order valence-corrected chi connectivity index (χ4v) is 2.79. The Morgan fingerprint density at radius 1 is 1.19 bits per heavy atom. The predicted molar refractivity (Wildman–Crippen MR) is 80.4 cm³/mol. The third-order valence-corrected chi connectivity index (χ3v) is 3.95. The third kappa shape index (κ3) is 2.61. The molecule has 1 amide bonds. The molecule has 3 nitrogen and oxygen atoms in total. The molecule has 0 aromatic heterocycles. The number of halogens is 1. The summed E-state index contributed by atoms with van der Waals surface area (Å²) in [6, 6.07) is 10.1. The Labute approximate surface area is 123 Å². The highest BCUT2D eigenvalue weighted by molar-refractivity contribution is 5.95. The number of nitrogens with two attached hydrogens (primary N) is 1. The van der Waals surface area contributed by atoms with Crippen LogP contribution in [0.4, 0.5) is 10.1 Å². The van der Waals surface area contributed by atoms with Crippen LogP contribution in [-0.2, 0) is 13.0 Å². The van der Waals surface area contributed by atoms with Gasteiger partial charge < -0.3 is 10.6 Å². The topological polar surface area (TPSA) is 46.3 Å². The van der Waals surface area contributed by atoms with Crippen molar-refractivity contribution < 1.29 is 9.18 Å². The number of amides is 1. The highest BCUT2D eigenvalue weighted by Gasteiger charge is 2.23. The lowest BCUT2D eigenvalue weighted by Crippen LogP contribution is -2.36. The van der Waals surface area contributed by atoms with Gasteiger partial charge in [-0.05, 0) is 60.4 Å². The predicted octanol–water partition coefficient (Wildman–Crippen LogP) is 2.91. The van der Waals surface area contributed by atoms with E-state index in [0.29, 0.717) is 29.9 Å². The van der Waals surface area contributed by atoms with Crippen molar-refractivity contribution in [2.45, 2.75) is 19.9 Å². The van der Waals surface area contributed by atoms with E-state index in [1.54, 1.807) is 17.9 Å². The molecule has 0 aliphatic carbocycles. The first kappa shape index (κ1) is 13.6. The number of aryl methyl sites for hydroxylation is 1. The molecule has 1 aliphatic rings. The zero-order valence-electron chi connectivity index (χ0n) is 11.9. The smallest absolute Gasteiger partial charge is 0.254 e. The number of fused-ring (bicyclic) bond motifs is 1. The van der Waals surface area contributed by atoms with E-state index in [1.807, 2.05) is 18.2 Å². The molecule has 0 unspecified atom stereocenters. The van der Waals surface area contributed by atoms with Gasteiger partial charge in [-0.25, -0.2) is 4.39 Å². The third-order valence-electron chi connectivity index (χ3n) is 3.95. The number of nitrogen functional groups attached to an aromatic ring is 1. The zero-order valence-corrected chi connectivity index (χ0v) is 11.9. The van der Waals surface area contributed by atoms with Crippen LogP contribution in [0.1, 0.15) is 27.0 Å². The van der Waals surface area contributed by atoms with Crippen molar-refractivity contribution in [3.63, 3.8) is 0 Å². The lowest BCUT2D eigenvalue weighted by Gasteiger charge is -2.29. The van der Waals surface area contributed by atoms with E-state index in [2.05, 4.69) is 0 Å². The van der Waals surface area contributed by atoms with Gasteiger partial charge in [0.05, 0.1) is 0 Å². The number of hydrogen-bond donors (Lipinski definition) is 1. The standard InChI is InChI=1S/C17H17FN2O/c1-11-8-14(18)3-5-16(11)17(21)20-7-6-12-2-4-15(19)9-13(12)10-20/h2-5,8-9H,6-7,10,19H2,1H3. The van der Waals surface area contributed by atoms with Gasteiger partial charge in [0.15, 0.2) is 0 Å². The van der Waals surface area contributed by atoms with E-state index in [1.165, 1.54) is 17.7 Å². The Bertz CT molecular complexity index is 712. The molecule has 4 heteroatoms. The number of carbonyl (C=O) groups is 1. The van der Waals surface area contributed by atoms with Gasteiger partial charge in [-0.15, -0.1) is 0 Å². The summed E-state index contributed by atoms with van der Waals surface area (Å²) in [6.45, 7) is 2.98. The maximum Gasteiger partial charge on any atom is 0.254 e. The molecule has 2 N–H and O–H groups in total. The molecular formula is C17H17FN2O. The number of nitrogens with zero attached hydrogens (tertiary/aromatic N) is 1. The minimum atomic E-state index is -0.319. The van der Waals surface area contributed by atoms with Gasteiger partial charge in [-0.1, -0.05) is 6.07 Å². The van der Waals surface area contributed by atoms with Crippen LogP contribution in [0.5, 0.6) is 0 Å². The maximum atomic E-state index is 13.2. The van der Waals surface area contributed by atoms with E-state index < -0.39 is 0 Å². The molecule has 3 rings (SSSR count). The van der Waals surface area contributed by atoms with Crippen molar-refractivity contribution in [2.75, 3.05) is 12.3 Å². The van der Waals surface area contributed by atoms with Crippen molar-refractivity contribution in [1.29, 1.82) is 0 Å². The zero-order chi connectivity index (χ0) is 15.0.